The fourth-order valence-corrected chi connectivity index (χ4v) is 4.04. The van der Waals surface area contributed by atoms with Gasteiger partial charge in [0.15, 0.2) is 0 Å². The number of pyridine rings is 1. The van der Waals surface area contributed by atoms with Gasteiger partial charge in [0.05, 0.1) is 0 Å². The molecule has 7 heteroatoms. The van der Waals surface area contributed by atoms with Crippen molar-refractivity contribution in [2.75, 3.05) is 0 Å². The molecule has 5 rings (SSSR count). The number of hydrogen-bond acceptors (Lipinski definition) is 3. The van der Waals surface area contributed by atoms with Crippen molar-refractivity contribution in [3.05, 3.63) is 90.1 Å². The first-order chi connectivity index (χ1) is 15.3. The van der Waals surface area contributed by atoms with Crippen molar-refractivity contribution < 1.29 is 33.3 Å². The molecular weight excluding hydrogens is 604 g/mol. The molecular formula is C26H17F3IrN3-. The molecule has 0 spiro atoms. The monoisotopic (exact) mass is 621 g/mol. The van der Waals surface area contributed by atoms with Gasteiger partial charge in [-0.05, 0) is 44.9 Å². The van der Waals surface area contributed by atoms with Gasteiger partial charge in [0.1, 0.15) is 0 Å². The van der Waals surface area contributed by atoms with Crippen LogP contribution in [0.15, 0.2) is 67.1 Å². The fraction of sp³-hybridized carbons (Fsp3) is 0.115. The standard InChI is InChI=1S/C26H17F3N3.Ir/c1-15-9-16(2)11-19(10-15)24-23-6-4-18-12-17(3-5-21(18)22(23)7-8-30-24)20-13-31-25(32-14-20)26(27,28)29;/h3-10,12-14H,1-2H3;/q-1;. The Morgan fingerprint density at radius 1 is 0.758 bits per heavy atom. The summed E-state index contributed by atoms with van der Waals surface area (Å²) in [6.07, 6.45) is -0.355. The van der Waals surface area contributed by atoms with Gasteiger partial charge in [-0.15, -0.1) is 34.9 Å². The summed E-state index contributed by atoms with van der Waals surface area (Å²) in [4.78, 5) is 11.6. The number of hydrogen-bond donors (Lipinski definition) is 0. The second kappa shape index (κ2) is 8.65. The van der Waals surface area contributed by atoms with Gasteiger partial charge in [-0.25, -0.2) is 9.97 Å². The van der Waals surface area contributed by atoms with E-state index in [2.05, 4.69) is 40.1 Å². The van der Waals surface area contributed by atoms with Gasteiger partial charge in [-0.2, -0.15) is 13.2 Å². The van der Waals surface area contributed by atoms with Crippen LogP contribution in [0.25, 0.3) is 43.9 Å². The molecule has 0 unspecified atom stereocenters. The molecule has 3 aromatic carbocycles. The van der Waals surface area contributed by atoms with Crippen molar-refractivity contribution in [2.45, 2.75) is 20.0 Å². The van der Waals surface area contributed by atoms with Gasteiger partial charge in [-0.3, -0.25) is 0 Å². The minimum Gasteiger partial charge on any atom is -0.304 e. The van der Waals surface area contributed by atoms with Crippen molar-refractivity contribution >= 4 is 21.5 Å². The summed E-state index contributed by atoms with van der Waals surface area (Å²) in [5.41, 5.74) is 5.31. The maximum atomic E-state index is 12.7. The third-order valence-electron chi connectivity index (χ3n) is 5.40. The van der Waals surface area contributed by atoms with E-state index in [0.717, 1.165) is 49.5 Å². The summed E-state index contributed by atoms with van der Waals surface area (Å²) in [6, 6.07) is 19.3. The van der Waals surface area contributed by atoms with Gasteiger partial charge in [0, 0.05) is 44.3 Å². The summed E-state index contributed by atoms with van der Waals surface area (Å²) in [5.74, 6) is -1.14. The molecule has 1 radical (unpaired) electrons. The van der Waals surface area contributed by atoms with Crippen molar-refractivity contribution in [3.63, 3.8) is 0 Å². The molecule has 0 aliphatic rings. The van der Waals surface area contributed by atoms with E-state index in [0.29, 0.717) is 5.56 Å². The molecule has 0 saturated heterocycles. The Morgan fingerprint density at radius 3 is 2.18 bits per heavy atom. The van der Waals surface area contributed by atoms with Gasteiger partial charge in [0.2, 0.25) is 5.82 Å². The number of benzene rings is 3. The van der Waals surface area contributed by atoms with Crippen LogP contribution in [-0.2, 0) is 26.3 Å². The van der Waals surface area contributed by atoms with Crippen LogP contribution in [0.4, 0.5) is 13.2 Å². The molecule has 0 fully saturated rings. The van der Waals surface area contributed by atoms with E-state index < -0.39 is 12.0 Å². The van der Waals surface area contributed by atoms with Crippen molar-refractivity contribution in [3.8, 4) is 22.4 Å². The molecule has 167 valence electrons. The Labute approximate surface area is 202 Å². The van der Waals surface area contributed by atoms with Crippen molar-refractivity contribution in [2.24, 2.45) is 0 Å². The number of halogens is 3. The van der Waals surface area contributed by atoms with Crippen LogP contribution in [0.5, 0.6) is 0 Å². The average Bonchev–Trinajstić information content (AvgIpc) is 2.77. The van der Waals surface area contributed by atoms with E-state index in [9.17, 15) is 13.2 Å². The molecule has 0 aliphatic heterocycles. The largest absolute Gasteiger partial charge is 0.451 e. The summed E-state index contributed by atoms with van der Waals surface area (Å²) < 4.78 is 38.2. The summed E-state index contributed by atoms with van der Waals surface area (Å²) in [7, 11) is 0. The molecule has 0 amide bonds. The Kier molecular flexibility index (Phi) is 6.04. The first kappa shape index (κ1) is 23.0. The van der Waals surface area contributed by atoms with Gasteiger partial charge in [-0.1, -0.05) is 38.1 Å². The van der Waals surface area contributed by atoms with Gasteiger partial charge in [0.25, 0.3) is 0 Å². The Balaban J connectivity index is 0.00000259. The molecule has 0 aliphatic carbocycles. The van der Waals surface area contributed by atoms with E-state index in [-0.39, 0.29) is 20.1 Å². The Bertz CT molecular complexity index is 1460. The third-order valence-corrected chi connectivity index (χ3v) is 5.40. The predicted octanol–water partition coefficient (Wildman–Crippen LogP) is 6.95. The second-order valence-corrected chi connectivity index (χ2v) is 7.80. The first-order valence-corrected chi connectivity index (χ1v) is 10.0. The number of aromatic nitrogens is 3. The zero-order valence-electron chi connectivity index (χ0n) is 17.7. The van der Waals surface area contributed by atoms with Gasteiger partial charge < -0.3 is 4.98 Å². The van der Waals surface area contributed by atoms with E-state index in [4.69, 9.17) is 0 Å². The molecule has 5 aromatic rings. The van der Waals surface area contributed by atoms with Crippen LogP contribution >= 0.6 is 0 Å². The molecule has 3 nitrogen and oxygen atoms in total. The average molecular weight is 621 g/mol. The summed E-state index contributed by atoms with van der Waals surface area (Å²) in [5, 5.41) is 4.07. The molecule has 2 aromatic heterocycles. The third kappa shape index (κ3) is 4.39. The molecule has 0 atom stereocenters. The second-order valence-electron chi connectivity index (χ2n) is 7.80. The first-order valence-electron chi connectivity index (χ1n) is 10.0. The van der Waals surface area contributed by atoms with Crippen LogP contribution in [0.1, 0.15) is 17.0 Å². The minimum atomic E-state index is -4.56. The Morgan fingerprint density at radius 2 is 1.48 bits per heavy atom. The SMILES string of the molecule is Cc1[c-]c(-c2nccc3c2ccc2cc(-c4cnc(C(F)(F)F)nc4)ccc23)cc(C)c1.[Ir]. The van der Waals surface area contributed by atoms with E-state index in [1.807, 2.05) is 43.3 Å². The smallest absolute Gasteiger partial charge is 0.304 e. The maximum Gasteiger partial charge on any atom is 0.451 e. The van der Waals surface area contributed by atoms with Crippen LogP contribution in [-0.4, -0.2) is 15.0 Å². The number of fused-ring (bicyclic) bond motifs is 3. The minimum absolute atomic E-state index is 0. The Hall–Kier alpha value is -3.15. The van der Waals surface area contributed by atoms with Crippen LogP contribution in [0.3, 0.4) is 0 Å². The van der Waals surface area contributed by atoms with E-state index in [1.165, 1.54) is 12.4 Å². The van der Waals surface area contributed by atoms with Crippen molar-refractivity contribution in [1.82, 2.24) is 15.0 Å². The normalized spacial score (nSPS) is 11.5. The quantitative estimate of drug-likeness (QED) is 0.159. The van der Waals surface area contributed by atoms with Crippen LogP contribution in [0, 0.1) is 19.9 Å². The molecule has 0 N–H and O–H groups in total. The maximum absolute atomic E-state index is 12.7. The molecule has 2 heterocycles. The number of rotatable bonds is 2. The van der Waals surface area contributed by atoms with Gasteiger partial charge >= 0.3 is 6.18 Å². The number of nitrogens with zero attached hydrogens (tertiary/aromatic N) is 3. The molecule has 33 heavy (non-hydrogen) atoms. The van der Waals surface area contributed by atoms with E-state index >= 15 is 0 Å². The predicted molar refractivity (Wildman–Crippen MR) is 119 cm³/mol. The topological polar surface area (TPSA) is 38.7 Å². The van der Waals surface area contributed by atoms with Crippen LogP contribution < -0.4 is 0 Å². The zero-order valence-corrected chi connectivity index (χ0v) is 20.1. The van der Waals surface area contributed by atoms with Crippen LogP contribution in [0.2, 0.25) is 0 Å². The van der Waals surface area contributed by atoms with Crippen molar-refractivity contribution in [1.29, 1.82) is 0 Å². The summed E-state index contributed by atoms with van der Waals surface area (Å²) >= 11 is 0. The number of alkyl halides is 3. The molecule has 0 bridgehead atoms. The van der Waals surface area contributed by atoms with E-state index in [1.54, 1.807) is 6.20 Å². The number of aryl methyl sites for hydroxylation is 2. The summed E-state index contributed by atoms with van der Waals surface area (Å²) in [6.45, 7) is 4.07. The fourth-order valence-electron chi connectivity index (χ4n) is 4.04. The molecule has 0 saturated carbocycles. The zero-order chi connectivity index (χ0) is 22.5.